The fourth-order valence-corrected chi connectivity index (χ4v) is 4.10. The highest BCUT2D eigenvalue weighted by Gasteiger charge is 2.25. The Kier molecular flexibility index (Phi) is 6.67. The fraction of sp³-hybridized carbons (Fsp3) is 0.133. The average Bonchev–Trinajstić information content (AvgIpc) is 3.52. The summed E-state index contributed by atoms with van der Waals surface area (Å²) in [6, 6.07) is 30.7. The molecule has 36 heavy (non-hydrogen) atoms. The predicted octanol–water partition coefficient (Wildman–Crippen LogP) is 6.72. The highest BCUT2D eigenvalue weighted by molar-refractivity contribution is 5.94. The van der Waals surface area contributed by atoms with Crippen LogP contribution in [0.25, 0.3) is 5.69 Å². The van der Waals surface area contributed by atoms with E-state index in [4.69, 9.17) is 14.3 Å². The molecule has 0 bridgehead atoms. The summed E-state index contributed by atoms with van der Waals surface area (Å²) in [4.78, 5) is 15.4. The third-order valence-electron chi connectivity index (χ3n) is 5.93. The zero-order chi connectivity index (χ0) is 24.9. The van der Waals surface area contributed by atoms with Gasteiger partial charge in [-0.3, -0.25) is 4.79 Å². The molecule has 3 aromatic carbocycles. The van der Waals surface area contributed by atoms with Gasteiger partial charge in [0.05, 0.1) is 36.3 Å². The van der Waals surface area contributed by atoms with Crippen molar-refractivity contribution >= 4 is 5.91 Å². The summed E-state index contributed by atoms with van der Waals surface area (Å²) in [6.45, 7) is 4.59. The van der Waals surface area contributed by atoms with Crippen LogP contribution in [0.2, 0.25) is 0 Å². The molecule has 0 N–H and O–H groups in total. The summed E-state index contributed by atoms with van der Waals surface area (Å²) in [7, 11) is 0. The standard InChI is InChI=1S/C30H27N3O3/c1-22-11-9-16-26(19-22)36-30-28(23(2)31-33(30)25-14-7-4-8-15-25)21-32(20-27-17-10-18-35-27)29(34)24-12-5-3-6-13-24/h3-19H,20-21H2,1-2H3. The number of aromatic nitrogens is 2. The fourth-order valence-electron chi connectivity index (χ4n) is 4.10. The molecule has 0 aliphatic heterocycles. The minimum atomic E-state index is -0.0969. The van der Waals surface area contributed by atoms with Crippen molar-refractivity contribution in [2.45, 2.75) is 26.9 Å². The minimum absolute atomic E-state index is 0.0969. The molecular weight excluding hydrogens is 450 g/mol. The molecule has 6 heteroatoms. The molecule has 0 atom stereocenters. The first-order valence-electron chi connectivity index (χ1n) is 11.8. The van der Waals surface area contributed by atoms with Crippen molar-refractivity contribution in [1.29, 1.82) is 0 Å². The van der Waals surface area contributed by atoms with E-state index in [0.29, 0.717) is 36.0 Å². The molecule has 5 rings (SSSR count). The number of amides is 1. The van der Waals surface area contributed by atoms with Gasteiger partial charge in [-0.05, 0) is 67.9 Å². The number of carbonyl (C=O) groups is 1. The van der Waals surface area contributed by atoms with E-state index in [-0.39, 0.29) is 5.91 Å². The number of rotatable bonds is 8. The second-order valence-corrected chi connectivity index (χ2v) is 8.64. The van der Waals surface area contributed by atoms with Gasteiger partial charge in [-0.1, -0.05) is 48.5 Å². The van der Waals surface area contributed by atoms with Crippen molar-refractivity contribution < 1.29 is 13.9 Å². The molecule has 2 aromatic heterocycles. The molecular formula is C30H27N3O3. The number of furan rings is 1. The highest BCUT2D eigenvalue weighted by Crippen LogP contribution is 2.32. The summed E-state index contributed by atoms with van der Waals surface area (Å²) in [5.41, 5.74) is 4.19. The average molecular weight is 478 g/mol. The number of benzene rings is 3. The van der Waals surface area contributed by atoms with Gasteiger partial charge >= 0.3 is 0 Å². The molecule has 5 aromatic rings. The molecule has 6 nitrogen and oxygen atoms in total. The first-order chi connectivity index (χ1) is 17.6. The lowest BCUT2D eigenvalue weighted by Crippen LogP contribution is -2.30. The van der Waals surface area contributed by atoms with E-state index >= 15 is 0 Å². The van der Waals surface area contributed by atoms with Crippen LogP contribution in [0.15, 0.2) is 108 Å². The summed E-state index contributed by atoms with van der Waals surface area (Å²) in [6.07, 6.45) is 1.62. The number of hydrogen-bond donors (Lipinski definition) is 0. The number of para-hydroxylation sites is 1. The SMILES string of the molecule is Cc1cccc(Oc2c(CN(Cc3ccco3)C(=O)c3ccccc3)c(C)nn2-c2ccccc2)c1. The third-order valence-corrected chi connectivity index (χ3v) is 5.93. The second-order valence-electron chi connectivity index (χ2n) is 8.64. The Labute approximate surface area is 210 Å². The van der Waals surface area contributed by atoms with Crippen molar-refractivity contribution in [3.63, 3.8) is 0 Å². The molecule has 0 unspecified atom stereocenters. The lowest BCUT2D eigenvalue weighted by atomic mass is 10.1. The number of aryl methyl sites for hydroxylation is 2. The van der Waals surface area contributed by atoms with Gasteiger partial charge in [0.15, 0.2) is 0 Å². The van der Waals surface area contributed by atoms with Gasteiger partial charge in [0.2, 0.25) is 5.88 Å². The lowest BCUT2D eigenvalue weighted by Gasteiger charge is -2.22. The maximum absolute atomic E-state index is 13.6. The maximum Gasteiger partial charge on any atom is 0.254 e. The predicted molar refractivity (Wildman–Crippen MR) is 138 cm³/mol. The van der Waals surface area contributed by atoms with Gasteiger partial charge in [0.25, 0.3) is 5.91 Å². The van der Waals surface area contributed by atoms with Crippen LogP contribution in [-0.4, -0.2) is 20.6 Å². The minimum Gasteiger partial charge on any atom is -0.467 e. The summed E-state index contributed by atoms with van der Waals surface area (Å²) in [5.74, 6) is 1.89. The summed E-state index contributed by atoms with van der Waals surface area (Å²) >= 11 is 0. The van der Waals surface area contributed by atoms with Crippen LogP contribution in [0, 0.1) is 13.8 Å². The van der Waals surface area contributed by atoms with Crippen LogP contribution < -0.4 is 4.74 Å². The molecule has 1 amide bonds. The van der Waals surface area contributed by atoms with E-state index in [9.17, 15) is 4.79 Å². The number of carbonyl (C=O) groups excluding carboxylic acids is 1. The number of hydrogen-bond acceptors (Lipinski definition) is 4. The van der Waals surface area contributed by atoms with Crippen LogP contribution in [0.1, 0.15) is 32.9 Å². The molecule has 0 fully saturated rings. The van der Waals surface area contributed by atoms with Crippen molar-refractivity contribution in [1.82, 2.24) is 14.7 Å². The number of ether oxygens (including phenoxy) is 1. The largest absolute Gasteiger partial charge is 0.467 e. The molecule has 2 heterocycles. The molecule has 0 radical (unpaired) electrons. The molecule has 0 saturated carbocycles. The van der Waals surface area contributed by atoms with E-state index in [1.165, 1.54) is 0 Å². The Morgan fingerprint density at radius 1 is 0.889 bits per heavy atom. The van der Waals surface area contributed by atoms with Crippen LogP contribution in [0.4, 0.5) is 0 Å². The first kappa shape index (κ1) is 23.2. The lowest BCUT2D eigenvalue weighted by molar-refractivity contribution is 0.0716. The Bertz CT molecular complexity index is 1440. The second kappa shape index (κ2) is 10.4. The number of nitrogens with zero attached hydrogens (tertiary/aromatic N) is 3. The smallest absolute Gasteiger partial charge is 0.254 e. The van der Waals surface area contributed by atoms with Gasteiger partial charge in [-0.2, -0.15) is 5.10 Å². The zero-order valence-electron chi connectivity index (χ0n) is 20.3. The van der Waals surface area contributed by atoms with E-state index in [1.54, 1.807) is 15.8 Å². The third kappa shape index (κ3) is 5.08. The monoisotopic (exact) mass is 477 g/mol. The zero-order valence-corrected chi connectivity index (χ0v) is 20.3. The van der Waals surface area contributed by atoms with E-state index in [2.05, 4.69) is 0 Å². The Balaban J connectivity index is 1.57. The highest BCUT2D eigenvalue weighted by atomic mass is 16.5. The van der Waals surface area contributed by atoms with Crippen LogP contribution in [-0.2, 0) is 13.1 Å². The molecule has 0 saturated heterocycles. The Hall–Kier alpha value is -4.58. The van der Waals surface area contributed by atoms with Gasteiger partial charge < -0.3 is 14.1 Å². The van der Waals surface area contributed by atoms with E-state index in [0.717, 1.165) is 22.5 Å². The van der Waals surface area contributed by atoms with Crippen LogP contribution >= 0.6 is 0 Å². The van der Waals surface area contributed by atoms with E-state index in [1.807, 2.05) is 111 Å². The van der Waals surface area contributed by atoms with Crippen LogP contribution in [0.5, 0.6) is 11.6 Å². The Morgan fingerprint density at radius 3 is 2.33 bits per heavy atom. The Morgan fingerprint density at radius 2 is 1.64 bits per heavy atom. The van der Waals surface area contributed by atoms with Gasteiger partial charge in [0.1, 0.15) is 11.5 Å². The van der Waals surface area contributed by atoms with Crippen molar-refractivity contribution in [3.05, 3.63) is 131 Å². The summed E-state index contributed by atoms with van der Waals surface area (Å²) < 4.78 is 13.8. The van der Waals surface area contributed by atoms with Crippen molar-refractivity contribution in [2.75, 3.05) is 0 Å². The first-order valence-corrected chi connectivity index (χ1v) is 11.8. The molecule has 0 aliphatic carbocycles. The van der Waals surface area contributed by atoms with Gasteiger partial charge in [-0.25, -0.2) is 4.68 Å². The van der Waals surface area contributed by atoms with Crippen molar-refractivity contribution in [2.24, 2.45) is 0 Å². The summed E-state index contributed by atoms with van der Waals surface area (Å²) in [5, 5.41) is 4.81. The van der Waals surface area contributed by atoms with E-state index < -0.39 is 0 Å². The normalized spacial score (nSPS) is 10.8. The van der Waals surface area contributed by atoms with Gasteiger partial charge in [-0.15, -0.1) is 0 Å². The van der Waals surface area contributed by atoms with Crippen molar-refractivity contribution in [3.8, 4) is 17.3 Å². The maximum atomic E-state index is 13.6. The van der Waals surface area contributed by atoms with Gasteiger partial charge in [0, 0.05) is 5.56 Å². The topological polar surface area (TPSA) is 60.5 Å². The molecule has 180 valence electrons. The molecule has 0 aliphatic rings. The molecule has 0 spiro atoms. The van der Waals surface area contributed by atoms with Crippen LogP contribution in [0.3, 0.4) is 0 Å². The quantitative estimate of drug-likeness (QED) is 0.249.